The minimum absolute atomic E-state index is 0.0721. The minimum atomic E-state index is -0.112. The summed E-state index contributed by atoms with van der Waals surface area (Å²) in [7, 11) is 5.07. The van der Waals surface area contributed by atoms with Crippen molar-refractivity contribution in [2.75, 3.05) is 27.7 Å². The van der Waals surface area contributed by atoms with E-state index in [-0.39, 0.29) is 11.9 Å². The lowest BCUT2D eigenvalue weighted by atomic mass is 10.2. The van der Waals surface area contributed by atoms with Crippen LogP contribution in [0.15, 0.2) is 0 Å². The number of urea groups is 1. The van der Waals surface area contributed by atoms with Crippen molar-refractivity contribution in [2.45, 2.75) is 6.92 Å². The fourth-order valence-electron chi connectivity index (χ4n) is 0.871. The molecule has 0 spiro atoms. The van der Waals surface area contributed by atoms with Gasteiger partial charge in [0.1, 0.15) is 0 Å². The number of hydrogen-bond donors (Lipinski definition) is 0. The van der Waals surface area contributed by atoms with Crippen molar-refractivity contribution in [3.05, 3.63) is 0 Å². The molecule has 0 heterocycles. The predicted molar refractivity (Wildman–Crippen MR) is 46.5 cm³/mol. The van der Waals surface area contributed by atoms with Crippen LogP contribution in [0.25, 0.3) is 0 Å². The Morgan fingerprint density at radius 1 is 1.50 bits per heavy atom. The van der Waals surface area contributed by atoms with Gasteiger partial charge in [-0.1, -0.05) is 0 Å². The monoisotopic (exact) mass is 169 g/mol. The molecule has 0 saturated heterocycles. The molecule has 0 aliphatic carbocycles. The van der Waals surface area contributed by atoms with Gasteiger partial charge in [0.25, 0.3) is 0 Å². The molecule has 0 aromatic heterocycles. The maximum Gasteiger partial charge on any atom is 0.319 e. The fourth-order valence-corrected chi connectivity index (χ4v) is 0.871. The van der Waals surface area contributed by atoms with E-state index >= 15 is 0 Å². The first-order valence-corrected chi connectivity index (χ1v) is 3.81. The van der Waals surface area contributed by atoms with E-state index in [2.05, 4.69) is 6.07 Å². The standard InChI is InChI=1S/C8H15N3O/c1-7(5-9)6-11(4)8(12)10(2)3/h7H,6H2,1-4H3. The number of nitriles is 1. The van der Waals surface area contributed by atoms with Crippen LogP contribution in [0.2, 0.25) is 0 Å². The van der Waals surface area contributed by atoms with Gasteiger partial charge in [-0.05, 0) is 6.92 Å². The molecule has 2 amide bonds. The Morgan fingerprint density at radius 3 is 2.33 bits per heavy atom. The molecule has 0 aliphatic heterocycles. The summed E-state index contributed by atoms with van der Waals surface area (Å²) < 4.78 is 0. The molecule has 0 radical (unpaired) electrons. The molecule has 0 saturated carbocycles. The Morgan fingerprint density at radius 2 is 2.00 bits per heavy atom. The van der Waals surface area contributed by atoms with E-state index in [0.29, 0.717) is 6.54 Å². The van der Waals surface area contributed by atoms with E-state index in [1.165, 1.54) is 9.80 Å². The number of hydrogen-bond acceptors (Lipinski definition) is 2. The molecule has 0 aromatic carbocycles. The van der Waals surface area contributed by atoms with E-state index in [9.17, 15) is 4.79 Å². The number of rotatable bonds is 2. The normalized spacial score (nSPS) is 11.6. The quantitative estimate of drug-likeness (QED) is 0.612. The molecular weight excluding hydrogens is 154 g/mol. The van der Waals surface area contributed by atoms with Gasteiger partial charge in [0, 0.05) is 27.7 Å². The van der Waals surface area contributed by atoms with E-state index in [1.54, 1.807) is 28.1 Å². The molecule has 1 atom stereocenters. The van der Waals surface area contributed by atoms with E-state index in [0.717, 1.165) is 0 Å². The molecule has 68 valence electrons. The highest BCUT2D eigenvalue weighted by Crippen LogP contribution is 1.98. The summed E-state index contributed by atoms with van der Waals surface area (Å²) in [4.78, 5) is 14.3. The molecule has 0 rings (SSSR count). The van der Waals surface area contributed by atoms with E-state index in [4.69, 9.17) is 5.26 Å². The Hall–Kier alpha value is -1.24. The Kier molecular flexibility index (Phi) is 4.12. The van der Waals surface area contributed by atoms with Crippen molar-refractivity contribution < 1.29 is 4.79 Å². The van der Waals surface area contributed by atoms with Crippen LogP contribution in [0.1, 0.15) is 6.92 Å². The van der Waals surface area contributed by atoms with Crippen molar-refractivity contribution >= 4 is 6.03 Å². The lowest BCUT2D eigenvalue weighted by Gasteiger charge is -2.22. The molecule has 1 unspecified atom stereocenters. The molecule has 0 aliphatic rings. The lowest BCUT2D eigenvalue weighted by molar-refractivity contribution is 0.179. The highest BCUT2D eigenvalue weighted by Gasteiger charge is 2.12. The zero-order chi connectivity index (χ0) is 9.72. The first-order valence-electron chi connectivity index (χ1n) is 3.81. The van der Waals surface area contributed by atoms with Crippen LogP contribution in [0.4, 0.5) is 4.79 Å². The predicted octanol–water partition coefficient (Wildman–Crippen LogP) is 0.759. The first-order chi connectivity index (χ1) is 5.49. The van der Waals surface area contributed by atoms with Crippen molar-refractivity contribution in [1.29, 1.82) is 5.26 Å². The molecule has 0 bridgehead atoms. The van der Waals surface area contributed by atoms with Crippen LogP contribution < -0.4 is 0 Å². The van der Waals surface area contributed by atoms with Crippen LogP contribution >= 0.6 is 0 Å². The zero-order valence-corrected chi connectivity index (χ0v) is 8.03. The topological polar surface area (TPSA) is 47.3 Å². The summed E-state index contributed by atoms with van der Waals surface area (Å²) in [5.41, 5.74) is 0. The van der Waals surface area contributed by atoms with Crippen LogP contribution in [0.5, 0.6) is 0 Å². The van der Waals surface area contributed by atoms with Gasteiger partial charge in [-0.3, -0.25) is 0 Å². The maximum absolute atomic E-state index is 11.2. The minimum Gasteiger partial charge on any atom is -0.331 e. The third kappa shape index (κ3) is 3.24. The average molecular weight is 169 g/mol. The fraction of sp³-hybridized carbons (Fsp3) is 0.750. The lowest BCUT2D eigenvalue weighted by Crippen LogP contribution is -2.38. The average Bonchev–Trinajstić information content (AvgIpc) is 2.02. The molecule has 12 heavy (non-hydrogen) atoms. The summed E-state index contributed by atoms with van der Waals surface area (Å²) >= 11 is 0. The summed E-state index contributed by atoms with van der Waals surface area (Å²) in [6.45, 7) is 2.27. The van der Waals surface area contributed by atoms with Gasteiger partial charge >= 0.3 is 6.03 Å². The largest absolute Gasteiger partial charge is 0.331 e. The summed E-state index contributed by atoms with van der Waals surface area (Å²) in [6, 6.07) is 2.01. The Labute approximate surface area is 73.4 Å². The maximum atomic E-state index is 11.2. The van der Waals surface area contributed by atoms with Crippen molar-refractivity contribution in [2.24, 2.45) is 5.92 Å². The second kappa shape index (κ2) is 4.60. The summed E-state index contributed by atoms with van der Waals surface area (Å²) in [5.74, 6) is -0.112. The highest BCUT2D eigenvalue weighted by molar-refractivity contribution is 5.73. The third-order valence-corrected chi connectivity index (χ3v) is 1.48. The Balaban J connectivity index is 3.97. The second-order valence-corrected chi connectivity index (χ2v) is 3.09. The van der Waals surface area contributed by atoms with Gasteiger partial charge in [0.2, 0.25) is 0 Å². The van der Waals surface area contributed by atoms with Crippen LogP contribution in [0.3, 0.4) is 0 Å². The van der Waals surface area contributed by atoms with Gasteiger partial charge < -0.3 is 9.80 Å². The van der Waals surface area contributed by atoms with Crippen molar-refractivity contribution in [3.8, 4) is 6.07 Å². The molecular formula is C8H15N3O. The van der Waals surface area contributed by atoms with Gasteiger partial charge in [-0.25, -0.2) is 4.79 Å². The second-order valence-electron chi connectivity index (χ2n) is 3.09. The molecule has 0 aromatic rings. The van der Waals surface area contributed by atoms with Gasteiger partial charge in [0.15, 0.2) is 0 Å². The van der Waals surface area contributed by atoms with Gasteiger partial charge in [0.05, 0.1) is 12.0 Å². The zero-order valence-electron chi connectivity index (χ0n) is 8.03. The Bertz CT molecular complexity index is 195. The van der Waals surface area contributed by atoms with Crippen LogP contribution in [0, 0.1) is 17.2 Å². The smallest absolute Gasteiger partial charge is 0.319 e. The van der Waals surface area contributed by atoms with Crippen molar-refractivity contribution in [3.63, 3.8) is 0 Å². The number of carbonyl (C=O) groups excluding carboxylic acids is 1. The van der Waals surface area contributed by atoms with Crippen molar-refractivity contribution in [1.82, 2.24) is 9.80 Å². The van der Waals surface area contributed by atoms with Gasteiger partial charge in [-0.2, -0.15) is 5.26 Å². The molecule has 4 nitrogen and oxygen atoms in total. The molecule has 4 heteroatoms. The number of carbonyl (C=O) groups is 1. The van der Waals surface area contributed by atoms with Crippen LogP contribution in [-0.4, -0.2) is 43.5 Å². The number of nitrogens with zero attached hydrogens (tertiary/aromatic N) is 3. The number of amides is 2. The first kappa shape index (κ1) is 10.8. The summed E-state index contributed by atoms with van der Waals surface area (Å²) in [6.07, 6.45) is 0. The summed E-state index contributed by atoms with van der Waals surface area (Å²) in [5, 5.41) is 8.50. The van der Waals surface area contributed by atoms with Gasteiger partial charge in [-0.15, -0.1) is 0 Å². The van der Waals surface area contributed by atoms with E-state index < -0.39 is 0 Å². The molecule has 0 fully saturated rings. The third-order valence-electron chi connectivity index (χ3n) is 1.48. The van der Waals surface area contributed by atoms with E-state index in [1.807, 2.05) is 0 Å². The van der Waals surface area contributed by atoms with Crippen LogP contribution in [-0.2, 0) is 0 Å². The highest BCUT2D eigenvalue weighted by atomic mass is 16.2. The SMILES string of the molecule is CC(C#N)CN(C)C(=O)N(C)C. The molecule has 0 N–H and O–H groups in total.